The molecule has 3 nitrogen and oxygen atoms in total. The minimum Gasteiger partial charge on any atom is -0.305 e. The standard InChI is InChI=1S/C8H11Br2O3PS/c1-3-12-14(11,13-4-2)6-5-7(9)15-8(6)10/h5H,3-4H2,1-2H3. The average Bonchev–Trinajstić information content (AvgIpc) is 2.46. The summed E-state index contributed by atoms with van der Waals surface area (Å²) in [6.45, 7) is 4.30. The van der Waals surface area contributed by atoms with Gasteiger partial charge in [-0.3, -0.25) is 4.57 Å². The van der Waals surface area contributed by atoms with Crippen LogP contribution in [0.2, 0.25) is 0 Å². The maximum absolute atomic E-state index is 12.4. The molecule has 0 aliphatic heterocycles. The zero-order valence-electron chi connectivity index (χ0n) is 8.33. The zero-order valence-corrected chi connectivity index (χ0v) is 13.2. The molecule has 0 N–H and O–H groups in total. The van der Waals surface area contributed by atoms with Gasteiger partial charge in [-0.15, -0.1) is 11.3 Å². The molecule has 15 heavy (non-hydrogen) atoms. The first kappa shape index (κ1) is 13.9. The van der Waals surface area contributed by atoms with Gasteiger partial charge in [-0.25, -0.2) is 0 Å². The minimum absolute atomic E-state index is 0.358. The van der Waals surface area contributed by atoms with Crippen molar-refractivity contribution in [3.63, 3.8) is 0 Å². The molecule has 0 fully saturated rings. The highest BCUT2D eigenvalue weighted by Crippen LogP contribution is 2.50. The summed E-state index contributed by atoms with van der Waals surface area (Å²) in [6.07, 6.45) is 0. The van der Waals surface area contributed by atoms with E-state index in [2.05, 4.69) is 31.9 Å². The molecule has 0 bridgehead atoms. The van der Waals surface area contributed by atoms with Gasteiger partial charge in [0.2, 0.25) is 0 Å². The maximum Gasteiger partial charge on any atom is 0.363 e. The molecule has 0 aromatic carbocycles. The van der Waals surface area contributed by atoms with Crippen molar-refractivity contribution in [1.82, 2.24) is 0 Å². The molecule has 1 aromatic heterocycles. The quantitative estimate of drug-likeness (QED) is 0.722. The Morgan fingerprint density at radius 3 is 2.20 bits per heavy atom. The van der Waals surface area contributed by atoms with Gasteiger partial charge in [-0.2, -0.15) is 0 Å². The summed E-state index contributed by atoms with van der Waals surface area (Å²) in [6, 6.07) is 1.76. The molecule has 0 aliphatic rings. The normalized spacial score (nSPS) is 12.0. The lowest BCUT2D eigenvalue weighted by atomic mass is 10.7. The second kappa shape index (κ2) is 5.94. The summed E-state index contributed by atoms with van der Waals surface area (Å²) in [4.78, 5) is 0. The van der Waals surface area contributed by atoms with Gasteiger partial charge in [0.05, 0.1) is 26.1 Å². The molecule has 1 rings (SSSR count). The van der Waals surface area contributed by atoms with Crippen LogP contribution in [0.1, 0.15) is 13.8 Å². The zero-order chi connectivity index (χ0) is 11.5. The van der Waals surface area contributed by atoms with Crippen molar-refractivity contribution in [3.8, 4) is 0 Å². The van der Waals surface area contributed by atoms with Crippen LogP contribution in [-0.4, -0.2) is 13.2 Å². The Balaban J connectivity index is 3.08. The number of hydrogen-bond acceptors (Lipinski definition) is 4. The largest absolute Gasteiger partial charge is 0.363 e. The van der Waals surface area contributed by atoms with Crippen LogP contribution in [0.3, 0.4) is 0 Å². The Kier molecular flexibility index (Phi) is 5.49. The van der Waals surface area contributed by atoms with E-state index in [9.17, 15) is 4.57 Å². The van der Waals surface area contributed by atoms with E-state index in [0.29, 0.717) is 18.5 Å². The lowest BCUT2D eigenvalue weighted by molar-refractivity contribution is 0.230. The Hall–Kier alpha value is 0.810. The Morgan fingerprint density at radius 2 is 1.87 bits per heavy atom. The summed E-state index contributed by atoms with van der Waals surface area (Å²) in [5.41, 5.74) is 0. The summed E-state index contributed by atoms with van der Waals surface area (Å²) in [5, 5.41) is 0.586. The Bertz CT molecular complexity index is 370. The lowest BCUT2D eigenvalue weighted by Crippen LogP contribution is -2.09. The molecule has 1 heterocycles. The third kappa shape index (κ3) is 3.38. The van der Waals surface area contributed by atoms with Crippen molar-refractivity contribution in [3.05, 3.63) is 13.6 Å². The summed E-state index contributed by atoms with van der Waals surface area (Å²) in [7, 11) is -3.15. The maximum atomic E-state index is 12.4. The molecular formula is C8H11Br2O3PS. The van der Waals surface area contributed by atoms with Crippen LogP contribution in [-0.2, 0) is 13.6 Å². The van der Waals surface area contributed by atoms with Crippen molar-refractivity contribution >= 4 is 56.1 Å². The van der Waals surface area contributed by atoms with E-state index in [1.54, 1.807) is 19.9 Å². The molecule has 0 radical (unpaired) electrons. The fourth-order valence-electron chi connectivity index (χ4n) is 1.03. The average molecular weight is 378 g/mol. The van der Waals surface area contributed by atoms with Crippen LogP contribution >= 0.6 is 50.8 Å². The van der Waals surface area contributed by atoms with Crippen LogP contribution < -0.4 is 5.30 Å². The van der Waals surface area contributed by atoms with Crippen molar-refractivity contribution in [2.45, 2.75) is 13.8 Å². The van der Waals surface area contributed by atoms with Crippen molar-refractivity contribution in [2.75, 3.05) is 13.2 Å². The van der Waals surface area contributed by atoms with Crippen molar-refractivity contribution in [1.29, 1.82) is 0 Å². The smallest absolute Gasteiger partial charge is 0.305 e. The second-order valence-corrected chi connectivity index (χ2v) is 8.28. The molecule has 86 valence electrons. The van der Waals surface area contributed by atoms with Gasteiger partial charge in [-0.05, 0) is 51.8 Å². The number of halogens is 2. The monoisotopic (exact) mass is 376 g/mol. The highest BCUT2D eigenvalue weighted by Gasteiger charge is 2.30. The third-order valence-corrected chi connectivity index (χ3v) is 6.47. The van der Waals surface area contributed by atoms with E-state index < -0.39 is 7.60 Å². The Morgan fingerprint density at radius 1 is 1.33 bits per heavy atom. The van der Waals surface area contributed by atoms with Gasteiger partial charge in [0.1, 0.15) is 0 Å². The molecule has 1 aromatic rings. The van der Waals surface area contributed by atoms with Gasteiger partial charge >= 0.3 is 7.60 Å². The highest BCUT2D eigenvalue weighted by molar-refractivity contribution is 9.12. The summed E-state index contributed by atoms with van der Waals surface area (Å²) in [5.74, 6) is 0. The first-order valence-electron chi connectivity index (χ1n) is 4.38. The van der Waals surface area contributed by atoms with E-state index >= 15 is 0 Å². The molecule has 7 heteroatoms. The predicted octanol–water partition coefficient (Wildman–Crippen LogP) is 4.16. The van der Waals surface area contributed by atoms with E-state index in [-0.39, 0.29) is 0 Å². The summed E-state index contributed by atoms with van der Waals surface area (Å²) < 4.78 is 24.5. The minimum atomic E-state index is -3.15. The number of rotatable bonds is 5. The van der Waals surface area contributed by atoms with E-state index in [1.807, 2.05) is 0 Å². The van der Waals surface area contributed by atoms with Crippen LogP contribution in [0.25, 0.3) is 0 Å². The molecule has 0 saturated carbocycles. The fraction of sp³-hybridized carbons (Fsp3) is 0.500. The molecule has 0 amide bonds. The molecule has 0 aliphatic carbocycles. The SMILES string of the molecule is CCOP(=O)(OCC)c1cc(Br)sc1Br. The molecule has 0 atom stereocenters. The van der Waals surface area contributed by atoms with Crippen LogP contribution in [0.15, 0.2) is 13.6 Å². The van der Waals surface area contributed by atoms with Crippen molar-refractivity contribution in [2.24, 2.45) is 0 Å². The van der Waals surface area contributed by atoms with E-state index in [4.69, 9.17) is 9.05 Å². The van der Waals surface area contributed by atoms with E-state index in [1.165, 1.54) is 11.3 Å². The van der Waals surface area contributed by atoms with Gasteiger partial charge in [0, 0.05) is 0 Å². The molecule has 0 saturated heterocycles. The van der Waals surface area contributed by atoms with Crippen LogP contribution in [0.4, 0.5) is 0 Å². The van der Waals surface area contributed by atoms with Gasteiger partial charge in [-0.1, -0.05) is 0 Å². The van der Waals surface area contributed by atoms with Crippen molar-refractivity contribution < 1.29 is 13.6 Å². The third-order valence-electron chi connectivity index (χ3n) is 1.53. The topological polar surface area (TPSA) is 35.5 Å². The highest BCUT2D eigenvalue weighted by atomic mass is 79.9. The predicted molar refractivity (Wildman–Crippen MR) is 70.2 cm³/mol. The molecule has 0 spiro atoms. The number of hydrogen-bond donors (Lipinski definition) is 0. The molecular weight excluding hydrogens is 367 g/mol. The Labute approximate surface area is 110 Å². The van der Waals surface area contributed by atoms with Crippen LogP contribution in [0, 0.1) is 0 Å². The number of thiophene rings is 1. The van der Waals surface area contributed by atoms with E-state index in [0.717, 1.165) is 7.57 Å². The first-order chi connectivity index (χ1) is 7.03. The summed E-state index contributed by atoms with van der Waals surface area (Å²) >= 11 is 8.13. The second-order valence-electron chi connectivity index (χ2n) is 2.54. The van der Waals surface area contributed by atoms with Gasteiger partial charge < -0.3 is 9.05 Å². The fourth-order valence-corrected chi connectivity index (χ4v) is 6.47. The lowest BCUT2D eigenvalue weighted by Gasteiger charge is -2.15. The van der Waals surface area contributed by atoms with Crippen LogP contribution in [0.5, 0.6) is 0 Å². The van der Waals surface area contributed by atoms with Gasteiger partial charge in [0.25, 0.3) is 0 Å². The molecule has 0 unspecified atom stereocenters. The van der Waals surface area contributed by atoms with Gasteiger partial charge in [0.15, 0.2) is 0 Å². The first-order valence-corrected chi connectivity index (χ1v) is 8.32.